The van der Waals surface area contributed by atoms with Crippen molar-refractivity contribution < 1.29 is 25.5 Å². The van der Waals surface area contributed by atoms with Crippen LogP contribution in [0.5, 0.6) is 5.75 Å². The summed E-state index contributed by atoms with van der Waals surface area (Å²) in [5, 5.41) is 49.1. The number of phenolic OH excluding ortho intramolecular Hbond substituents is 1. The lowest BCUT2D eigenvalue weighted by molar-refractivity contribution is -0.374. The molecule has 0 bridgehead atoms. The van der Waals surface area contributed by atoms with Crippen LogP contribution in [0.15, 0.2) is 18.2 Å². The fraction of sp³-hybridized carbons (Fsp3) is 0.684. The van der Waals surface area contributed by atoms with Crippen molar-refractivity contribution in [2.45, 2.75) is 84.1 Å². The average Bonchev–Trinajstić information content (AvgIpc) is 2.47. The summed E-state index contributed by atoms with van der Waals surface area (Å²) in [4.78, 5) is 0.750. The van der Waals surface area contributed by atoms with E-state index in [4.69, 9.17) is 0 Å². The van der Waals surface area contributed by atoms with E-state index in [0.29, 0.717) is 5.56 Å². The summed E-state index contributed by atoms with van der Waals surface area (Å²) in [6, 6.07) is 4.92. The van der Waals surface area contributed by atoms with Gasteiger partial charge in [-0.25, -0.2) is 0 Å². The largest absolute Gasteiger partial charge is 0.508 e. The zero-order valence-corrected chi connectivity index (χ0v) is 15.6. The summed E-state index contributed by atoms with van der Waals surface area (Å²) in [5.74, 6) is -4.78. The third kappa shape index (κ3) is 7.71. The maximum atomic E-state index is 9.83. The second-order valence-electron chi connectivity index (χ2n) is 7.00. The molecule has 0 spiro atoms. The Balaban J connectivity index is 2.82. The van der Waals surface area contributed by atoms with Crippen LogP contribution in [0.3, 0.4) is 0 Å². The number of aryl methyl sites for hydroxylation is 1. The SMILES string of the molecule is CCCCCCCCc1ccc(O)cc1CN(C(C)(O)O)C(C)(O)O. The van der Waals surface area contributed by atoms with Crippen molar-refractivity contribution in [3.63, 3.8) is 0 Å². The first-order chi connectivity index (χ1) is 11.6. The second kappa shape index (κ2) is 9.50. The summed E-state index contributed by atoms with van der Waals surface area (Å²) >= 11 is 0. The Labute approximate surface area is 150 Å². The zero-order valence-electron chi connectivity index (χ0n) is 15.6. The maximum Gasteiger partial charge on any atom is 0.226 e. The molecule has 1 aromatic carbocycles. The lowest BCUT2D eigenvalue weighted by Crippen LogP contribution is -2.58. The van der Waals surface area contributed by atoms with Gasteiger partial charge in [-0.1, -0.05) is 45.1 Å². The molecular weight excluding hydrogens is 322 g/mol. The van der Waals surface area contributed by atoms with Gasteiger partial charge in [-0.3, -0.25) is 0 Å². The first-order valence-corrected chi connectivity index (χ1v) is 9.03. The molecule has 25 heavy (non-hydrogen) atoms. The van der Waals surface area contributed by atoms with Crippen molar-refractivity contribution in [3.8, 4) is 5.75 Å². The van der Waals surface area contributed by atoms with Gasteiger partial charge >= 0.3 is 0 Å². The molecule has 6 heteroatoms. The summed E-state index contributed by atoms with van der Waals surface area (Å²) in [6.45, 7) is 4.19. The van der Waals surface area contributed by atoms with Gasteiger partial charge in [0.15, 0.2) is 0 Å². The van der Waals surface area contributed by atoms with Gasteiger partial charge in [-0.15, -0.1) is 0 Å². The van der Waals surface area contributed by atoms with Gasteiger partial charge < -0.3 is 25.5 Å². The highest BCUT2D eigenvalue weighted by Crippen LogP contribution is 2.26. The van der Waals surface area contributed by atoms with E-state index in [9.17, 15) is 25.5 Å². The van der Waals surface area contributed by atoms with Crippen molar-refractivity contribution in [1.82, 2.24) is 4.90 Å². The van der Waals surface area contributed by atoms with E-state index >= 15 is 0 Å². The number of phenols is 1. The van der Waals surface area contributed by atoms with Gasteiger partial charge in [0.1, 0.15) is 5.75 Å². The van der Waals surface area contributed by atoms with Gasteiger partial charge in [0.2, 0.25) is 11.8 Å². The number of aromatic hydroxyl groups is 1. The fourth-order valence-corrected chi connectivity index (χ4v) is 2.97. The highest BCUT2D eigenvalue weighted by atomic mass is 16.6. The Hall–Kier alpha value is -1.18. The molecule has 1 rings (SSSR count). The predicted molar refractivity (Wildman–Crippen MR) is 96.4 cm³/mol. The highest BCUT2D eigenvalue weighted by molar-refractivity contribution is 5.35. The molecule has 1 aromatic rings. The molecule has 0 unspecified atom stereocenters. The van der Waals surface area contributed by atoms with Crippen LogP contribution < -0.4 is 0 Å². The molecule has 0 atom stereocenters. The van der Waals surface area contributed by atoms with E-state index in [2.05, 4.69) is 6.92 Å². The van der Waals surface area contributed by atoms with Crippen LogP contribution in [-0.4, -0.2) is 42.3 Å². The molecular formula is C19H33NO5. The number of benzene rings is 1. The molecule has 5 N–H and O–H groups in total. The minimum Gasteiger partial charge on any atom is -0.508 e. The second-order valence-corrected chi connectivity index (χ2v) is 7.00. The molecule has 0 aliphatic rings. The first-order valence-electron chi connectivity index (χ1n) is 9.03. The van der Waals surface area contributed by atoms with Gasteiger partial charge in [-0.2, -0.15) is 4.90 Å². The smallest absolute Gasteiger partial charge is 0.226 e. The molecule has 0 fully saturated rings. The highest BCUT2D eigenvalue weighted by Gasteiger charge is 2.39. The summed E-state index contributed by atoms with van der Waals surface area (Å²) < 4.78 is 0. The Morgan fingerprint density at radius 3 is 1.96 bits per heavy atom. The third-order valence-electron chi connectivity index (χ3n) is 4.34. The monoisotopic (exact) mass is 355 g/mol. The normalized spacial score (nSPS) is 12.8. The van der Waals surface area contributed by atoms with Gasteiger partial charge in [-0.05, 0) is 36.1 Å². The number of rotatable bonds is 11. The minimum absolute atomic E-state index is 0.0526. The van der Waals surface area contributed by atoms with E-state index in [1.165, 1.54) is 31.7 Å². The standard InChI is InChI=1S/C19H33NO5/c1-4-5-6-7-8-9-10-15-11-12-17(21)13-16(15)14-20(18(2,22)23)19(3,24)25/h11-13,21-25H,4-10,14H2,1-3H3. The lowest BCUT2D eigenvalue weighted by atomic mass is 9.99. The molecule has 0 aromatic heterocycles. The van der Waals surface area contributed by atoms with Crippen LogP contribution in [0.1, 0.15) is 70.4 Å². The summed E-state index contributed by atoms with van der Waals surface area (Å²) in [7, 11) is 0. The molecule has 0 amide bonds. The molecule has 144 valence electrons. The number of hydrogen-bond donors (Lipinski definition) is 5. The van der Waals surface area contributed by atoms with E-state index in [1.54, 1.807) is 12.1 Å². The molecule has 0 aliphatic heterocycles. The van der Waals surface area contributed by atoms with Crippen molar-refractivity contribution in [1.29, 1.82) is 0 Å². The first kappa shape index (κ1) is 21.9. The summed E-state index contributed by atoms with van der Waals surface area (Å²) in [5.41, 5.74) is 1.59. The van der Waals surface area contributed by atoms with Crippen LogP contribution >= 0.6 is 0 Å². The quantitative estimate of drug-likeness (QED) is 0.308. The molecule has 0 heterocycles. The van der Waals surface area contributed by atoms with Gasteiger partial charge in [0, 0.05) is 20.4 Å². The maximum absolute atomic E-state index is 9.83. The number of nitrogens with zero attached hydrogens (tertiary/aromatic N) is 1. The van der Waals surface area contributed by atoms with Crippen LogP contribution in [-0.2, 0) is 13.0 Å². The Kier molecular flexibility index (Phi) is 8.31. The number of hydrogen-bond acceptors (Lipinski definition) is 6. The minimum atomic E-state index is -2.42. The molecule has 6 nitrogen and oxygen atoms in total. The van der Waals surface area contributed by atoms with Crippen molar-refractivity contribution in [2.24, 2.45) is 0 Å². The predicted octanol–water partition coefficient (Wildman–Crippen LogP) is 2.41. The lowest BCUT2D eigenvalue weighted by Gasteiger charge is -2.39. The van der Waals surface area contributed by atoms with Crippen molar-refractivity contribution >= 4 is 0 Å². The number of unbranched alkanes of at least 4 members (excludes halogenated alkanes) is 5. The van der Waals surface area contributed by atoms with Gasteiger partial charge in [0.25, 0.3) is 0 Å². The van der Waals surface area contributed by atoms with Gasteiger partial charge in [0.05, 0.1) is 0 Å². The molecule has 0 radical (unpaired) electrons. The Morgan fingerprint density at radius 1 is 0.840 bits per heavy atom. The van der Waals surface area contributed by atoms with E-state index < -0.39 is 11.8 Å². The molecule has 0 aliphatic carbocycles. The Bertz CT molecular complexity index is 506. The Morgan fingerprint density at radius 2 is 1.40 bits per heavy atom. The molecule has 0 saturated carbocycles. The van der Waals surface area contributed by atoms with Crippen LogP contribution in [0, 0.1) is 0 Å². The number of aliphatic hydroxyl groups is 4. The zero-order chi connectivity index (χ0) is 19.1. The van der Waals surface area contributed by atoms with Crippen molar-refractivity contribution in [3.05, 3.63) is 29.3 Å². The average molecular weight is 355 g/mol. The fourth-order valence-electron chi connectivity index (χ4n) is 2.97. The third-order valence-corrected chi connectivity index (χ3v) is 4.34. The van der Waals surface area contributed by atoms with Crippen LogP contribution in [0.25, 0.3) is 0 Å². The summed E-state index contributed by atoms with van der Waals surface area (Å²) in [6.07, 6.45) is 7.76. The van der Waals surface area contributed by atoms with E-state index in [-0.39, 0.29) is 12.3 Å². The van der Waals surface area contributed by atoms with Crippen LogP contribution in [0.2, 0.25) is 0 Å². The van der Waals surface area contributed by atoms with E-state index in [1.807, 2.05) is 0 Å². The van der Waals surface area contributed by atoms with Crippen LogP contribution in [0.4, 0.5) is 0 Å². The van der Waals surface area contributed by atoms with Crippen molar-refractivity contribution in [2.75, 3.05) is 0 Å². The molecule has 0 saturated heterocycles. The topological polar surface area (TPSA) is 104 Å². The van der Waals surface area contributed by atoms with E-state index in [0.717, 1.165) is 43.6 Å².